The number of alkyl halides is 1. The summed E-state index contributed by atoms with van der Waals surface area (Å²) in [7, 11) is 1.96. The first-order valence-electron chi connectivity index (χ1n) is 5.36. The van der Waals surface area contributed by atoms with E-state index < -0.39 is 0 Å². The molecule has 1 saturated heterocycles. The van der Waals surface area contributed by atoms with Gasteiger partial charge in [0.15, 0.2) is 0 Å². The van der Waals surface area contributed by atoms with E-state index in [0.717, 1.165) is 25.0 Å². The van der Waals surface area contributed by atoms with Crippen molar-refractivity contribution < 1.29 is 4.74 Å². The number of hydrogen-bond acceptors (Lipinski definition) is 2. The maximum Gasteiger partial charge on any atom is 0.0631 e. The van der Waals surface area contributed by atoms with Crippen LogP contribution in [0.1, 0.15) is 18.5 Å². The summed E-state index contributed by atoms with van der Waals surface area (Å²) in [6.07, 6.45) is 5.41. The van der Waals surface area contributed by atoms with Gasteiger partial charge in [-0.05, 0) is 18.9 Å². The summed E-state index contributed by atoms with van der Waals surface area (Å²) < 4.78 is 7.45. The molecule has 2 heterocycles. The average Bonchev–Trinajstić information content (AvgIpc) is 2.65. The Kier molecular flexibility index (Phi) is 3.46. The number of hydrogen-bond donors (Lipinski definition) is 0. The molecule has 0 saturated carbocycles. The van der Waals surface area contributed by atoms with Gasteiger partial charge < -0.3 is 4.74 Å². The van der Waals surface area contributed by atoms with Crippen molar-refractivity contribution in [3.63, 3.8) is 0 Å². The Morgan fingerprint density at radius 1 is 1.67 bits per heavy atom. The zero-order chi connectivity index (χ0) is 10.7. The Balaban J connectivity index is 2.06. The van der Waals surface area contributed by atoms with Crippen molar-refractivity contribution in [1.82, 2.24) is 9.78 Å². The van der Waals surface area contributed by atoms with Crippen molar-refractivity contribution >= 4 is 15.9 Å². The lowest BCUT2D eigenvalue weighted by atomic mass is 9.80. The highest BCUT2D eigenvalue weighted by Gasteiger charge is 2.32. The van der Waals surface area contributed by atoms with Gasteiger partial charge >= 0.3 is 0 Å². The molecule has 0 radical (unpaired) electrons. The van der Waals surface area contributed by atoms with Crippen molar-refractivity contribution in [3.05, 3.63) is 18.0 Å². The average molecular weight is 273 g/mol. The second-order valence-electron chi connectivity index (χ2n) is 4.45. The molecule has 1 aliphatic heterocycles. The van der Waals surface area contributed by atoms with Crippen LogP contribution in [-0.4, -0.2) is 28.3 Å². The molecule has 15 heavy (non-hydrogen) atoms. The number of rotatable bonds is 3. The van der Waals surface area contributed by atoms with Crippen LogP contribution in [0.15, 0.2) is 12.3 Å². The molecular formula is C11H17BrN2O. The number of halogens is 1. The van der Waals surface area contributed by atoms with Gasteiger partial charge in [-0.15, -0.1) is 0 Å². The van der Waals surface area contributed by atoms with Crippen molar-refractivity contribution in [1.29, 1.82) is 0 Å². The van der Waals surface area contributed by atoms with Gasteiger partial charge in [-0.1, -0.05) is 15.9 Å². The molecule has 1 unspecified atom stereocenters. The fourth-order valence-corrected chi connectivity index (χ4v) is 2.78. The van der Waals surface area contributed by atoms with Crippen LogP contribution in [0.2, 0.25) is 0 Å². The smallest absolute Gasteiger partial charge is 0.0631 e. The van der Waals surface area contributed by atoms with Crippen molar-refractivity contribution in [3.8, 4) is 0 Å². The van der Waals surface area contributed by atoms with Gasteiger partial charge in [-0.2, -0.15) is 5.10 Å². The largest absolute Gasteiger partial charge is 0.381 e. The fraction of sp³-hybridized carbons (Fsp3) is 0.727. The third-order valence-electron chi connectivity index (χ3n) is 3.01. The van der Waals surface area contributed by atoms with E-state index in [9.17, 15) is 0 Å². The van der Waals surface area contributed by atoms with Gasteiger partial charge in [-0.25, -0.2) is 0 Å². The van der Waals surface area contributed by atoms with E-state index in [1.165, 1.54) is 18.5 Å². The molecule has 1 atom stereocenters. The summed E-state index contributed by atoms with van der Waals surface area (Å²) in [5.41, 5.74) is 1.43. The van der Waals surface area contributed by atoms with Crippen LogP contribution >= 0.6 is 15.9 Å². The fourth-order valence-electron chi connectivity index (χ4n) is 2.14. The molecular weight excluding hydrogens is 256 g/mol. The molecule has 0 aromatic carbocycles. The predicted octanol–water partition coefficient (Wildman–Crippen LogP) is 2.15. The molecule has 0 amide bonds. The maximum absolute atomic E-state index is 5.59. The Hall–Kier alpha value is -0.350. The number of nitrogens with zero attached hydrogens (tertiary/aromatic N) is 2. The minimum atomic E-state index is 0.257. The van der Waals surface area contributed by atoms with Crippen LogP contribution in [0.25, 0.3) is 0 Å². The molecule has 3 nitrogen and oxygen atoms in total. The molecule has 84 valence electrons. The first-order chi connectivity index (χ1) is 7.24. The summed E-state index contributed by atoms with van der Waals surface area (Å²) in [6.45, 7) is 1.77. The van der Waals surface area contributed by atoms with E-state index in [2.05, 4.69) is 27.1 Å². The number of ether oxygens (including phenoxy) is 1. The molecule has 1 fully saturated rings. The molecule has 1 aromatic rings. The van der Waals surface area contributed by atoms with E-state index in [1.54, 1.807) is 0 Å². The SMILES string of the molecule is Cn1ccc(CC2(CBr)CCCOC2)n1. The summed E-state index contributed by atoms with van der Waals surface area (Å²) >= 11 is 3.62. The van der Waals surface area contributed by atoms with Gasteiger partial charge in [0.25, 0.3) is 0 Å². The molecule has 0 aliphatic carbocycles. The van der Waals surface area contributed by atoms with Crippen LogP contribution < -0.4 is 0 Å². The van der Waals surface area contributed by atoms with Crippen LogP contribution in [0.3, 0.4) is 0 Å². The van der Waals surface area contributed by atoms with Crippen LogP contribution in [0.5, 0.6) is 0 Å². The van der Waals surface area contributed by atoms with Crippen LogP contribution in [0.4, 0.5) is 0 Å². The number of aryl methyl sites for hydroxylation is 1. The third-order valence-corrected chi connectivity index (χ3v) is 4.20. The van der Waals surface area contributed by atoms with Crippen molar-refractivity contribution in [2.75, 3.05) is 18.5 Å². The topological polar surface area (TPSA) is 27.1 Å². The van der Waals surface area contributed by atoms with Gasteiger partial charge in [0.2, 0.25) is 0 Å². The second-order valence-corrected chi connectivity index (χ2v) is 5.01. The lowest BCUT2D eigenvalue weighted by Gasteiger charge is -2.34. The van der Waals surface area contributed by atoms with E-state index in [1.807, 2.05) is 17.9 Å². The standard InChI is InChI=1S/C11H17BrN2O/c1-14-5-3-10(13-14)7-11(8-12)4-2-6-15-9-11/h3,5H,2,4,6-9H2,1H3. The van der Waals surface area contributed by atoms with E-state index >= 15 is 0 Å². The predicted molar refractivity (Wildman–Crippen MR) is 63.2 cm³/mol. The van der Waals surface area contributed by atoms with Gasteiger partial charge in [0, 0.05) is 37.0 Å². The second kappa shape index (κ2) is 4.66. The van der Waals surface area contributed by atoms with E-state index in [-0.39, 0.29) is 5.41 Å². The summed E-state index contributed by atoms with van der Waals surface area (Å²) in [4.78, 5) is 0. The van der Waals surface area contributed by atoms with Crippen LogP contribution in [-0.2, 0) is 18.2 Å². The molecule has 4 heteroatoms. The van der Waals surface area contributed by atoms with Gasteiger partial charge in [0.05, 0.1) is 12.3 Å². The molecule has 0 spiro atoms. The summed E-state index contributed by atoms with van der Waals surface area (Å²) in [5, 5.41) is 5.43. The first-order valence-corrected chi connectivity index (χ1v) is 6.48. The quantitative estimate of drug-likeness (QED) is 0.789. The van der Waals surface area contributed by atoms with Crippen molar-refractivity contribution in [2.24, 2.45) is 12.5 Å². The zero-order valence-corrected chi connectivity index (χ0v) is 10.7. The lowest BCUT2D eigenvalue weighted by Crippen LogP contribution is -2.35. The third kappa shape index (κ3) is 2.61. The summed E-state index contributed by atoms with van der Waals surface area (Å²) in [6, 6.07) is 2.10. The zero-order valence-electron chi connectivity index (χ0n) is 9.08. The Labute approximate surface area is 98.9 Å². The minimum absolute atomic E-state index is 0.257. The Morgan fingerprint density at radius 3 is 3.07 bits per heavy atom. The van der Waals surface area contributed by atoms with Gasteiger partial charge in [0.1, 0.15) is 0 Å². The Morgan fingerprint density at radius 2 is 2.53 bits per heavy atom. The molecule has 1 aromatic heterocycles. The molecule has 0 bridgehead atoms. The monoisotopic (exact) mass is 272 g/mol. The van der Waals surface area contributed by atoms with Crippen molar-refractivity contribution in [2.45, 2.75) is 19.3 Å². The summed E-state index contributed by atoms with van der Waals surface area (Å²) in [5.74, 6) is 0. The highest BCUT2D eigenvalue weighted by Crippen LogP contribution is 2.33. The maximum atomic E-state index is 5.59. The lowest BCUT2D eigenvalue weighted by molar-refractivity contribution is 0.00563. The number of aromatic nitrogens is 2. The normalized spacial score (nSPS) is 26.8. The van der Waals surface area contributed by atoms with Crippen LogP contribution in [0, 0.1) is 5.41 Å². The van der Waals surface area contributed by atoms with E-state index in [4.69, 9.17) is 4.74 Å². The molecule has 2 rings (SSSR count). The van der Waals surface area contributed by atoms with E-state index in [0.29, 0.717) is 0 Å². The molecule has 0 N–H and O–H groups in total. The highest BCUT2D eigenvalue weighted by molar-refractivity contribution is 9.09. The Bertz CT molecular complexity index is 318. The van der Waals surface area contributed by atoms with Gasteiger partial charge in [-0.3, -0.25) is 4.68 Å². The molecule has 1 aliphatic rings. The first kappa shape index (κ1) is 11.1. The highest BCUT2D eigenvalue weighted by atomic mass is 79.9. The minimum Gasteiger partial charge on any atom is -0.381 e.